The maximum atomic E-state index is 11.2. The van der Waals surface area contributed by atoms with Crippen molar-refractivity contribution in [2.24, 2.45) is 0 Å². The van der Waals surface area contributed by atoms with Crippen molar-refractivity contribution in [3.63, 3.8) is 0 Å². The van der Waals surface area contributed by atoms with Crippen LogP contribution in [-0.4, -0.2) is 29.1 Å². The quantitative estimate of drug-likeness (QED) is 0.359. The van der Waals surface area contributed by atoms with Crippen molar-refractivity contribution in [3.05, 3.63) is 76.8 Å². The van der Waals surface area contributed by atoms with Crippen LogP contribution in [0.15, 0.2) is 66.7 Å². The number of aromatic nitrogens is 2. The number of ether oxygens (including phenoxy) is 2. The Bertz CT molecular complexity index is 1210. The first kappa shape index (κ1) is 19.1. The van der Waals surface area contributed by atoms with E-state index in [2.05, 4.69) is 10.3 Å². The number of methoxy groups -OCH3 is 2. The van der Waals surface area contributed by atoms with Gasteiger partial charge in [0.1, 0.15) is 17.2 Å². The zero-order chi connectivity index (χ0) is 21.1. The van der Waals surface area contributed by atoms with Gasteiger partial charge in [0.2, 0.25) is 0 Å². The molecule has 150 valence electrons. The fraction of sp³-hybridized carbons (Fsp3) is 0.0909. The Morgan fingerprint density at radius 1 is 0.867 bits per heavy atom. The third-order valence-electron chi connectivity index (χ3n) is 4.52. The van der Waals surface area contributed by atoms with Gasteiger partial charge in [-0.2, -0.15) is 0 Å². The first-order valence-corrected chi connectivity index (χ1v) is 9.09. The lowest BCUT2D eigenvalue weighted by Crippen LogP contribution is -2.01. The summed E-state index contributed by atoms with van der Waals surface area (Å²) in [5, 5.41) is 14.4. The molecule has 0 fully saturated rings. The number of nitro benzene ring substituents is 1. The van der Waals surface area contributed by atoms with Crippen LogP contribution in [-0.2, 0) is 0 Å². The molecular formula is C22H18N4O4. The van der Waals surface area contributed by atoms with Crippen molar-refractivity contribution in [2.75, 3.05) is 19.5 Å². The topological polar surface area (TPSA) is 99.4 Å². The smallest absolute Gasteiger partial charge is 0.271 e. The summed E-state index contributed by atoms with van der Waals surface area (Å²) in [6, 6.07) is 19.4. The molecule has 8 nitrogen and oxygen atoms in total. The van der Waals surface area contributed by atoms with Gasteiger partial charge in [0, 0.05) is 41.6 Å². The minimum absolute atomic E-state index is 0.0433. The van der Waals surface area contributed by atoms with Crippen LogP contribution in [0.2, 0.25) is 0 Å². The molecule has 0 spiro atoms. The monoisotopic (exact) mass is 402 g/mol. The third-order valence-corrected chi connectivity index (χ3v) is 4.52. The van der Waals surface area contributed by atoms with E-state index in [1.54, 1.807) is 38.5 Å². The van der Waals surface area contributed by atoms with Crippen molar-refractivity contribution in [1.82, 2.24) is 9.97 Å². The van der Waals surface area contributed by atoms with E-state index in [0.717, 1.165) is 5.56 Å². The summed E-state index contributed by atoms with van der Waals surface area (Å²) in [7, 11) is 3.14. The molecule has 0 radical (unpaired) electrons. The van der Waals surface area contributed by atoms with Crippen LogP contribution in [0.1, 0.15) is 0 Å². The summed E-state index contributed by atoms with van der Waals surface area (Å²) >= 11 is 0. The molecule has 0 saturated carbocycles. The fourth-order valence-corrected chi connectivity index (χ4v) is 3.06. The Labute approximate surface area is 172 Å². The van der Waals surface area contributed by atoms with Crippen LogP contribution in [0.5, 0.6) is 11.5 Å². The Morgan fingerprint density at radius 3 is 2.20 bits per heavy atom. The molecule has 1 aromatic heterocycles. The maximum absolute atomic E-state index is 11.2. The van der Waals surface area contributed by atoms with Crippen LogP contribution in [0.3, 0.4) is 0 Å². The molecule has 8 heteroatoms. The van der Waals surface area contributed by atoms with E-state index >= 15 is 0 Å². The zero-order valence-corrected chi connectivity index (χ0v) is 16.3. The summed E-state index contributed by atoms with van der Waals surface area (Å²) in [6.07, 6.45) is 0. The second kappa shape index (κ2) is 8.04. The van der Waals surface area contributed by atoms with Gasteiger partial charge in [-0.3, -0.25) is 10.1 Å². The number of anilines is 2. The first-order valence-electron chi connectivity index (χ1n) is 9.09. The molecule has 4 aromatic rings. The lowest BCUT2D eigenvalue weighted by molar-refractivity contribution is -0.384. The number of nitro groups is 1. The standard InChI is InChI=1S/C22H18N4O4/c1-29-17-10-15(11-18(13-17)30-2)23-22-21(14-6-4-3-5-7-14)24-19-9-8-16(26(27)28)12-20(19)25-22/h3-13H,1-2H3,(H,23,25). The van der Waals surface area contributed by atoms with Gasteiger partial charge in [-0.05, 0) is 6.07 Å². The van der Waals surface area contributed by atoms with E-state index in [1.807, 2.05) is 30.3 Å². The minimum Gasteiger partial charge on any atom is -0.497 e. The molecule has 0 atom stereocenters. The number of nitrogens with one attached hydrogen (secondary N) is 1. The van der Waals surface area contributed by atoms with Crippen LogP contribution in [0.25, 0.3) is 22.3 Å². The molecule has 3 aromatic carbocycles. The van der Waals surface area contributed by atoms with Gasteiger partial charge in [-0.15, -0.1) is 0 Å². The summed E-state index contributed by atoms with van der Waals surface area (Å²) in [6.45, 7) is 0. The first-order chi connectivity index (χ1) is 14.6. The van der Waals surface area contributed by atoms with E-state index in [1.165, 1.54) is 12.1 Å². The van der Waals surface area contributed by atoms with Crippen molar-refractivity contribution in [2.45, 2.75) is 0 Å². The third kappa shape index (κ3) is 3.83. The van der Waals surface area contributed by atoms with Crippen molar-refractivity contribution >= 4 is 28.2 Å². The molecule has 0 amide bonds. The fourth-order valence-electron chi connectivity index (χ4n) is 3.06. The Kier molecular flexibility index (Phi) is 5.13. The van der Waals surface area contributed by atoms with Gasteiger partial charge in [0.05, 0.1) is 30.2 Å². The van der Waals surface area contributed by atoms with Gasteiger partial charge in [-0.25, -0.2) is 9.97 Å². The summed E-state index contributed by atoms with van der Waals surface area (Å²) in [5.41, 5.74) is 3.11. The number of hydrogen-bond donors (Lipinski definition) is 1. The average molecular weight is 402 g/mol. The molecular weight excluding hydrogens is 384 g/mol. The minimum atomic E-state index is -0.452. The van der Waals surface area contributed by atoms with Gasteiger partial charge < -0.3 is 14.8 Å². The molecule has 0 aliphatic rings. The highest BCUT2D eigenvalue weighted by Crippen LogP contribution is 2.33. The normalized spacial score (nSPS) is 10.6. The summed E-state index contributed by atoms with van der Waals surface area (Å²) in [4.78, 5) is 20.1. The molecule has 4 rings (SSSR count). The van der Waals surface area contributed by atoms with Crippen LogP contribution < -0.4 is 14.8 Å². The predicted octanol–water partition coefficient (Wildman–Crippen LogP) is 4.97. The van der Waals surface area contributed by atoms with E-state index in [9.17, 15) is 10.1 Å². The molecule has 30 heavy (non-hydrogen) atoms. The van der Waals surface area contributed by atoms with Crippen molar-refractivity contribution in [1.29, 1.82) is 0 Å². The van der Waals surface area contributed by atoms with Crippen LogP contribution in [0.4, 0.5) is 17.2 Å². The lowest BCUT2D eigenvalue weighted by atomic mass is 10.1. The van der Waals surface area contributed by atoms with Gasteiger partial charge in [-0.1, -0.05) is 30.3 Å². The molecule has 0 aliphatic carbocycles. The highest BCUT2D eigenvalue weighted by atomic mass is 16.6. The number of nitrogens with zero attached hydrogens (tertiary/aromatic N) is 3. The molecule has 1 N–H and O–H groups in total. The second-order valence-electron chi connectivity index (χ2n) is 6.44. The molecule has 0 unspecified atom stereocenters. The van der Waals surface area contributed by atoms with Crippen LogP contribution in [0, 0.1) is 10.1 Å². The maximum Gasteiger partial charge on any atom is 0.271 e. The lowest BCUT2D eigenvalue weighted by Gasteiger charge is -2.14. The van der Waals surface area contributed by atoms with Crippen LogP contribution >= 0.6 is 0 Å². The Hall–Kier alpha value is -4.20. The molecule has 0 bridgehead atoms. The van der Waals surface area contributed by atoms with Crippen molar-refractivity contribution in [3.8, 4) is 22.8 Å². The zero-order valence-electron chi connectivity index (χ0n) is 16.3. The second-order valence-corrected chi connectivity index (χ2v) is 6.44. The number of fused-ring (bicyclic) bond motifs is 1. The Balaban J connectivity index is 1.88. The van der Waals surface area contributed by atoms with E-state index in [-0.39, 0.29) is 5.69 Å². The summed E-state index contributed by atoms with van der Waals surface area (Å²) in [5.74, 6) is 1.69. The van der Waals surface area contributed by atoms with E-state index in [0.29, 0.717) is 39.7 Å². The summed E-state index contributed by atoms with van der Waals surface area (Å²) < 4.78 is 10.7. The number of benzene rings is 3. The highest BCUT2D eigenvalue weighted by Gasteiger charge is 2.15. The largest absolute Gasteiger partial charge is 0.497 e. The molecule has 0 aliphatic heterocycles. The number of rotatable bonds is 6. The number of hydrogen-bond acceptors (Lipinski definition) is 7. The van der Waals surface area contributed by atoms with E-state index in [4.69, 9.17) is 14.5 Å². The molecule has 1 heterocycles. The van der Waals surface area contributed by atoms with Gasteiger partial charge in [0.25, 0.3) is 5.69 Å². The van der Waals surface area contributed by atoms with Gasteiger partial charge in [0.15, 0.2) is 5.82 Å². The SMILES string of the molecule is COc1cc(Nc2nc3cc([N+](=O)[O-])ccc3nc2-c2ccccc2)cc(OC)c1. The van der Waals surface area contributed by atoms with Gasteiger partial charge >= 0.3 is 0 Å². The highest BCUT2D eigenvalue weighted by molar-refractivity contribution is 5.86. The number of non-ortho nitro benzene ring substituents is 1. The average Bonchev–Trinajstić information content (AvgIpc) is 2.78. The predicted molar refractivity (Wildman–Crippen MR) is 114 cm³/mol. The van der Waals surface area contributed by atoms with E-state index < -0.39 is 4.92 Å². The Morgan fingerprint density at radius 2 is 1.57 bits per heavy atom. The molecule has 0 saturated heterocycles. The van der Waals surface area contributed by atoms with Crippen molar-refractivity contribution < 1.29 is 14.4 Å².